The smallest absolute Gasteiger partial charge is 0.150 e. The maximum absolute atomic E-state index is 10.7. The molecule has 1 atom stereocenters. The molecule has 0 N–H and O–H groups in total. The fourth-order valence-corrected chi connectivity index (χ4v) is 2.11. The second-order valence-electron chi connectivity index (χ2n) is 3.40. The fourth-order valence-electron chi connectivity index (χ4n) is 2.11. The van der Waals surface area contributed by atoms with Crippen LogP contribution in [0, 0.1) is 0 Å². The zero-order valence-electron chi connectivity index (χ0n) is 6.58. The highest BCUT2D eigenvalue weighted by Gasteiger charge is 2.41. The zero-order chi connectivity index (χ0) is 8.13. The Hall–Kier alpha value is -1.37. The summed E-state index contributed by atoms with van der Waals surface area (Å²) < 4.78 is 0. The Kier molecular flexibility index (Phi) is 0.959. The summed E-state index contributed by atoms with van der Waals surface area (Å²) in [6, 6.07) is 8.21. The number of hydrogen-bond acceptors (Lipinski definition) is 1. The number of allylic oxidation sites excluding steroid dienone is 2. The van der Waals surface area contributed by atoms with Gasteiger partial charge < -0.3 is 0 Å². The van der Waals surface area contributed by atoms with Gasteiger partial charge in [0.15, 0.2) is 6.29 Å². The van der Waals surface area contributed by atoms with Crippen molar-refractivity contribution in [1.82, 2.24) is 0 Å². The second-order valence-corrected chi connectivity index (χ2v) is 3.40. The van der Waals surface area contributed by atoms with Gasteiger partial charge >= 0.3 is 0 Å². The van der Waals surface area contributed by atoms with Crippen LogP contribution in [-0.2, 0) is 4.79 Å². The van der Waals surface area contributed by atoms with Crippen molar-refractivity contribution in [2.75, 3.05) is 0 Å². The van der Waals surface area contributed by atoms with Gasteiger partial charge in [-0.15, -0.1) is 0 Å². The van der Waals surface area contributed by atoms with Gasteiger partial charge in [0.1, 0.15) is 0 Å². The lowest BCUT2D eigenvalue weighted by Gasteiger charge is -2.01. The van der Waals surface area contributed by atoms with E-state index in [1.165, 1.54) is 16.7 Å². The van der Waals surface area contributed by atoms with E-state index in [4.69, 9.17) is 0 Å². The summed E-state index contributed by atoms with van der Waals surface area (Å²) in [6.45, 7) is 0. The molecule has 1 unspecified atom stereocenters. The molecule has 58 valence electrons. The number of hydrogen-bond donors (Lipinski definition) is 0. The van der Waals surface area contributed by atoms with Crippen molar-refractivity contribution >= 4 is 11.9 Å². The van der Waals surface area contributed by atoms with Crippen LogP contribution in [0.25, 0.3) is 5.57 Å². The van der Waals surface area contributed by atoms with Crippen LogP contribution in [0.1, 0.15) is 23.5 Å². The van der Waals surface area contributed by atoms with E-state index in [9.17, 15) is 4.79 Å². The summed E-state index contributed by atoms with van der Waals surface area (Å²) in [4.78, 5) is 10.7. The van der Waals surface area contributed by atoms with Crippen LogP contribution in [0.3, 0.4) is 0 Å². The average Bonchev–Trinajstić information content (AvgIpc) is 2.83. The van der Waals surface area contributed by atoms with Crippen LogP contribution in [0.15, 0.2) is 29.8 Å². The molecule has 1 nitrogen and oxygen atoms in total. The first-order chi connectivity index (χ1) is 5.92. The predicted molar refractivity (Wildman–Crippen MR) is 46.8 cm³/mol. The zero-order valence-corrected chi connectivity index (χ0v) is 6.58. The molecule has 0 spiro atoms. The minimum absolute atomic E-state index is 0.599. The molecular weight excluding hydrogens is 148 g/mol. The Morgan fingerprint density at radius 3 is 3.00 bits per heavy atom. The summed E-state index contributed by atoms with van der Waals surface area (Å²) in [5.41, 5.74) is 4.83. The molecule has 1 aromatic carbocycles. The van der Waals surface area contributed by atoms with Crippen molar-refractivity contribution in [2.24, 2.45) is 0 Å². The Morgan fingerprint density at radius 2 is 2.17 bits per heavy atom. The van der Waals surface area contributed by atoms with Crippen molar-refractivity contribution < 1.29 is 4.79 Å². The van der Waals surface area contributed by atoms with Crippen LogP contribution < -0.4 is 0 Å². The minimum atomic E-state index is 0.599. The van der Waals surface area contributed by atoms with Crippen LogP contribution in [-0.4, -0.2) is 6.29 Å². The largest absolute Gasteiger partial charge is 0.298 e. The summed E-state index contributed by atoms with van der Waals surface area (Å²) in [6.07, 6.45) is 2.12. The van der Waals surface area contributed by atoms with E-state index in [1.807, 2.05) is 18.2 Å². The predicted octanol–water partition coefficient (Wildman–Crippen LogP) is 2.14. The highest BCUT2D eigenvalue weighted by molar-refractivity contribution is 6.13. The van der Waals surface area contributed by atoms with Crippen molar-refractivity contribution in [3.8, 4) is 0 Å². The third kappa shape index (κ3) is 0.572. The highest BCUT2D eigenvalue weighted by Crippen LogP contribution is 2.57. The van der Waals surface area contributed by atoms with Crippen molar-refractivity contribution in [2.45, 2.75) is 12.3 Å². The molecule has 0 radical (unpaired) electrons. The molecule has 3 rings (SSSR count). The topological polar surface area (TPSA) is 17.1 Å². The molecule has 1 saturated carbocycles. The van der Waals surface area contributed by atoms with Gasteiger partial charge in [0.25, 0.3) is 0 Å². The van der Waals surface area contributed by atoms with Gasteiger partial charge in [-0.25, -0.2) is 0 Å². The van der Waals surface area contributed by atoms with Crippen molar-refractivity contribution in [3.63, 3.8) is 0 Å². The summed E-state index contributed by atoms with van der Waals surface area (Å²) in [5.74, 6) is 0.599. The van der Waals surface area contributed by atoms with Crippen LogP contribution in [0.2, 0.25) is 0 Å². The normalized spacial score (nSPS) is 23.5. The van der Waals surface area contributed by atoms with Crippen LogP contribution in [0.4, 0.5) is 0 Å². The average molecular weight is 156 g/mol. The van der Waals surface area contributed by atoms with E-state index < -0.39 is 0 Å². The lowest BCUT2D eigenvalue weighted by Crippen LogP contribution is -1.86. The van der Waals surface area contributed by atoms with Crippen molar-refractivity contribution in [1.29, 1.82) is 0 Å². The van der Waals surface area contributed by atoms with E-state index in [-0.39, 0.29) is 0 Å². The molecule has 1 aromatic rings. The third-order valence-corrected chi connectivity index (χ3v) is 2.77. The molecule has 0 heterocycles. The standard InChI is InChI=1S/C11H8O/c12-6-11-8-4-2-1-3-7(8)9-5-10(9)11/h1-4,6,9H,5H2. The first-order valence-corrected chi connectivity index (χ1v) is 4.19. The number of benzene rings is 1. The van der Waals surface area contributed by atoms with Crippen LogP contribution in [0.5, 0.6) is 0 Å². The van der Waals surface area contributed by atoms with Gasteiger partial charge in [-0.3, -0.25) is 4.79 Å². The van der Waals surface area contributed by atoms with Crippen molar-refractivity contribution in [3.05, 3.63) is 41.0 Å². The van der Waals surface area contributed by atoms with E-state index in [1.54, 1.807) is 0 Å². The Morgan fingerprint density at radius 1 is 1.33 bits per heavy atom. The highest BCUT2D eigenvalue weighted by atomic mass is 16.1. The summed E-state index contributed by atoms with van der Waals surface area (Å²) in [7, 11) is 0. The fraction of sp³-hybridized carbons (Fsp3) is 0.182. The van der Waals surface area contributed by atoms with Gasteiger partial charge in [0, 0.05) is 11.5 Å². The molecule has 1 fully saturated rings. The van der Waals surface area contributed by atoms with E-state index in [0.717, 1.165) is 18.3 Å². The number of carbonyl (C=O) groups excluding carboxylic acids is 1. The molecule has 1 heteroatoms. The molecular formula is C11H8O. The Balaban J connectivity index is 2.29. The number of fused-ring (bicyclic) bond motifs is 3. The van der Waals surface area contributed by atoms with Gasteiger partial charge in [-0.2, -0.15) is 0 Å². The SMILES string of the molecule is O=CC1=C2CC2c2ccccc21. The maximum Gasteiger partial charge on any atom is 0.150 e. The molecule has 2 aliphatic carbocycles. The van der Waals surface area contributed by atoms with Gasteiger partial charge in [0.05, 0.1) is 0 Å². The first kappa shape index (κ1) is 6.18. The lowest BCUT2D eigenvalue weighted by atomic mass is 10.0. The minimum Gasteiger partial charge on any atom is -0.298 e. The molecule has 0 amide bonds. The Labute approximate surface area is 70.7 Å². The number of carbonyl (C=O) groups is 1. The van der Waals surface area contributed by atoms with Gasteiger partial charge in [-0.05, 0) is 17.5 Å². The van der Waals surface area contributed by atoms with Gasteiger partial charge in [0.2, 0.25) is 0 Å². The van der Waals surface area contributed by atoms with E-state index in [2.05, 4.69) is 6.07 Å². The lowest BCUT2D eigenvalue weighted by molar-refractivity contribution is -0.103. The first-order valence-electron chi connectivity index (χ1n) is 4.19. The van der Waals surface area contributed by atoms with Crippen LogP contribution >= 0.6 is 0 Å². The third-order valence-electron chi connectivity index (χ3n) is 2.77. The van der Waals surface area contributed by atoms with Gasteiger partial charge in [-0.1, -0.05) is 29.8 Å². The second kappa shape index (κ2) is 1.86. The summed E-state index contributed by atoms with van der Waals surface area (Å²) >= 11 is 0. The molecule has 0 aromatic heterocycles. The molecule has 2 aliphatic rings. The van der Waals surface area contributed by atoms with E-state index in [0.29, 0.717) is 5.92 Å². The number of rotatable bonds is 1. The maximum atomic E-state index is 10.7. The molecule has 12 heavy (non-hydrogen) atoms. The molecule has 0 saturated heterocycles. The molecule has 0 aliphatic heterocycles. The monoisotopic (exact) mass is 156 g/mol. The Bertz CT molecular complexity index is 401. The molecule has 0 bridgehead atoms. The quantitative estimate of drug-likeness (QED) is 0.569. The summed E-state index contributed by atoms with van der Waals surface area (Å²) in [5, 5.41) is 0. The number of aldehydes is 1. The van der Waals surface area contributed by atoms with E-state index >= 15 is 0 Å².